The molecule has 1 N–H and O–H groups in total. The van der Waals surface area contributed by atoms with Crippen molar-refractivity contribution in [3.8, 4) is 0 Å². The summed E-state index contributed by atoms with van der Waals surface area (Å²) in [7, 11) is 0. The first-order valence-corrected chi connectivity index (χ1v) is 19.8. The molecule has 2 aliphatic heterocycles. The Balaban J connectivity index is 1.41. The summed E-state index contributed by atoms with van der Waals surface area (Å²) in [6.07, 6.45) is -12.4. The molecule has 0 aromatic heterocycles. The van der Waals surface area contributed by atoms with Crippen molar-refractivity contribution < 1.29 is 66.9 Å². The second-order valence-electron chi connectivity index (χ2n) is 14.4. The highest BCUT2D eigenvalue weighted by molar-refractivity contribution is 5.67. The van der Waals surface area contributed by atoms with Crippen LogP contribution in [0.1, 0.15) is 43.0 Å². The molecule has 0 saturated carbocycles. The fourth-order valence-corrected chi connectivity index (χ4v) is 7.05. The molecule has 0 spiro atoms. The zero-order chi connectivity index (χ0) is 42.3. The topological polar surface area (TPSA) is 164 Å². The van der Waals surface area contributed by atoms with Crippen molar-refractivity contribution in [3.63, 3.8) is 0 Å². The van der Waals surface area contributed by atoms with Gasteiger partial charge in [-0.2, -0.15) is 0 Å². The molecule has 0 radical (unpaired) electrons. The van der Waals surface area contributed by atoms with Gasteiger partial charge < -0.3 is 52.5 Å². The number of benzene rings is 4. The maximum absolute atomic E-state index is 12.6. The number of aliphatic hydroxyl groups excluding tert-OH is 1. The van der Waals surface area contributed by atoms with Crippen LogP contribution in [0.4, 0.5) is 0 Å². The van der Waals surface area contributed by atoms with Gasteiger partial charge in [0.1, 0.15) is 43.2 Å². The monoisotopic (exact) mass is 828 g/mol. The lowest BCUT2D eigenvalue weighted by Gasteiger charge is -2.49. The lowest BCUT2D eigenvalue weighted by Crippen LogP contribution is -2.66. The SMILES string of the molecule is CC(=O)OC[C@H]1O[C@H](O)[C@H](OC(C)=O)[C@@H](O[C@H]2O[C@H](COCc3ccccc3)[C@H](OCc3ccccc3)[C@H](OCc3ccccc3)[C@H]2OCc2ccccc2)[C@H]1OC(C)=O. The Bertz CT molecular complexity index is 1900. The average molecular weight is 829 g/mol. The Labute approximate surface area is 349 Å². The molecule has 2 fully saturated rings. The highest BCUT2D eigenvalue weighted by Gasteiger charge is 2.55. The van der Waals surface area contributed by atoms with E-state index in [1.165, 1.54) is 13.8 Å². The van der Waals surface area contributed by atoms with Gasteiger partial charge >= 0.3 is 17.9 Å². The van der Waals surface area contributed by atoms with Crippen molar-refractivity contribution in [2.75, 3.05) is 13.2 Å². The summed E-state index contributed by atoms with van der Waals surface area (Å²) in [6.45, 7) is 3.81. The number of aliphatic hydroxyl groups is 1. The molecule has 320 valence electrons. The van der Waals surface area contributed by atoms with Gasteiger partial charge in [-0.3, -0.25) is 14.4 Å². The third-order valence-corrected chi connectivity index (χ3v) is 9.80. The van der Waals surface area contributed by atoms with Crippen LogP contribution in [-0.2, 0) is 88.2 Å². The molecule has 2 aliphatic rings. The van der Waals surface area contributed by atoms with Crippen molar-refractivity contribution in [1.29, 1.82) is 0 Å². The maximum Gasteiger partial charge on any atom is 0.303 e. The van der Waals surface area contributed by atoms with E-state index in [2.05, 4.69) is 0 Å². The van der Waals surface area contributed by atoms with Crippen LogP contribution in [0, 0.1) is 0 Å². The molecule has 10 atom stereocenters. The Morgan fingerprint density at radius 3 is 1.40 bits per heavy atom. The summed E-state index contributed by atoms with van der Waals surface area (Å²) in [6, 6.07) is 38.4. The largest absolute Gasteiger partial charge is 0.463 e. The molecular weight excluding hydrogens is 776 g/mol. The Kier molecular flexibility index (Phi) is 16.7. The summed E-state index contributed by atoms with van der Waals surface area (Å²) in [5, 5.41) is 11.3. The number of hydrogen-bond acceptors (Lipinski definition) is 14. The number of esters is 3. The van der Waals surface area contributed by atoms with E-state index in [-0.39, 0.29) is 33.0 Å². The van der Waals surface area contributed by atoms with Crippen molar-refractivity contribution in [3.05, 3.63) is 144 Å². The Hall–Kier alpha value is -5.03. The molecule has 0 unspecified atom stereocenters. The van der Waals surface area contributed by atoms with Crippen molar-refractivity contribution >= 4 is 17.9 Å². The van der Waals surface area contributed by atoms with E-state index in [0.717, 1.165) is 29.2 Å². The quantitative estimate of drug-likeness (QED) is 0.0968. The first-order valence-electron chi connectivity index (χ1n) is 19.8. The third kappa shape index (κ3) is 13.0. The minimum absolute atomic E-state index is 0.0110. The fraction of sp³-hybridized carbons (Fsp3) is 0.413. The highest BCUT2D eigenvalue weighted by Crippen LogP contribution is 2.36. The van der Waals surface area contributed by atoms with Crippen LogP contribution in [0.25, 0.3) is 0 Å². The van der Waals surface area contributed by atoms with Crippen LogP contribution in [0.5, 0.6) is 0 Å². The summed E-state index contributed by atoms with van der Waals surface area (Å²) in [5.41, 5.74) is 3.57. The number of hydrogen-bond donors (Lipinski definition) is 1. The minimum atomic E-state index is -1.80. The third-order valence-electron chi connectivity index (χ3n) is 9.80. The van der Waals surface area contributed by atoms with Crippen molar-refractivity contribution in [2.24, 2.45) is 0 Å². The number of ether oxygens (including phenoxy) is 10. The minimum Gasteiger partial charge on any atom is -0.463 e. The van der Waals surface area contributed by atoms with Crippen molar-refractivity contribution in [1.82, 2.24) is 0 Å². The smallest absolute Gasteiger partial charge is 0.303 e. The van der Waals surface area contributed by atoms with Crippen LogP contribution in [0.3, 0.4) is 0 Å². The van der Waals surface area contributed by atoms with Gasteiger partial charge in [-0.1, -0.05) is 121 Å². The molecule has 0 bridgehead atoms. The van der Waals surface area contributed by atoms with Gasteiger partial charge in [-0.25, -0.2) is 0 Å². The normalized spacial score (nSPS) is 26.5. The van der Waals surface area contributed by atoms with Gasteiger partial charge in [0.05, 0.1) is 33.0 Å². The molecule has 0 aliphatic carbocycles. The van der Waals surface area contributed by atoms with E-state index in [0.29, 0.717) is 0 Å². The molecule has 4 aromatic rings. The number of carbonyl (C=O) groups excluding carboxylic acids is 3. The summed E-state index contributed by atoms with van der Waals surface area (Å²) >= 11 is 0. The molecule has 60 heavy (non-hydrogen) atoms. The molecule has 14 nitrogen and oxygen atoms in total. The van der Waals surface area contributed by atoms with Gasteiger partial charge in [0.25, 0.3) is 0 Å². The number of carbonyl (C=O) groups is 3. The summed E-state index contributed by atoms with van der Waals surface area (Å²) < 4.78 is 62.4. The fourth-order valence-electron chi connectivity index (χ4n) is 7.05. The van der Waals surface area contributed by atoms with Crippen LogP contribution < -0.4 is 0 Å². The van der Waals surface area contributed by atoms with E-state index in [1.807, 2.05) is 121 Å². The molecular formula is C46H52O14. The second kappa shape index (κ2) is 22.5. The van der Waals surface area contributed by atoms with Gasteiger partial charge in [0.2, 0.25) is 0 Å². The van der Waals surface area contributed by atoms with Gasteiger partial charge in [0.15, 0.2) is 24.8 Å². The van der Waals surface area contributed by atoms with E-state index < -0.39 is 85.9 Å². The van der Waals surface area contributed by atoms with E-state index in [1.54, 1.807) is 0 Å². The molecule has 2 saturated heterocycles. The predicted octanol–water partition coefficient (Wildman–Crippen LogP) is 5.21. The van der Waals surface area contributed by atoms with Crippen LogP contribution in [0.2, 0.25) is 0 Å². The lowest BCUT2D eigenvalue weighted by atomic mass is 9.95. The predicted molar refractivity (Wildman–Crippen MR) is 213 cm³/mol. The molecule has 2 heterocycles. The molecule has 4 aromatic carbocycles. The lowest BCUT2D eigenvalue weighted by molar-refractivity contribution is -0.368. The second-order valence-corrected chi connectivity index (χ2v) is 14.4. The standard InChI is InChI=1S/C46H52O14/c1-30(47)52-29-38-40(56-31(2)48)42(43(45(50)58-38)57-32(3)49)60-46-44(55-27-36-22-14-7-15-23-36)41(54-26-35-20-12-6-13-21-35)39(53-25-34-18-10-5-11-19-34)37(59-46)28-51-24-33-16-8-4-9-17-33/h4-23,37-46,50H,24-29H2,1-3H3/t37-,38-,39+,40+,41+,42+,43-,44-,45+,46-/m1/s1. The Morgan fingerprint density at radius 2 is 0.917 bits per heavy atom. The van der Waals surface area contributed by atoms with Gasteiger partial charge in [0, 0.05) is 20.8 Å². The zero-order valence-corrected chi connectivity index (χ0v) is 33.8. The maximum atomic E-state index is 12.6. The average Bonchev–Trinajstić information content (AvgIpc) is 3.24. The van der Waals surface area contributed by atoms with Crippen LogP contribution >= 0.6 is 0 Å². The van der Waals surface area contributed by atoms with Crippen molar-refractivity contribution in [2.45, 2.75) is 109 Å². The zero-order valence-electron chi connectivity index (χ0n) is 33.8. The molecule has 0 amide bonds. The highest BCUT2D eigenvalue weighted by atomic mass is 16.8. The number of rotatable bonds is 19. The molecule has 14 heteroatoms. The summed E-state index contributed by atoms with van der Waals surface area (Å²) in [4.78, 5) is 37.0. The van der Waals surface area contributed by atoms with Crippen LogP contribution in [-0.4, -0.2) is 97.6 Å². The van der Waals surface area contributed by atoms with E-state index in [9.17, 15) is 19.5 Å². The summed E-state index contributed by atoms with van der Waals surface area (Å²) in [5.74, 6) is -2.16. The Morgan fingerprint density at radius 1 is 0.483 bits per heavy atom. The first kappa shape index (κ1) is 44.5. The van der Waals surface area contributed by atoms with Gasteiger partial charge in [-0.05, 0) is 22.3 Å². The first-order chi connectivity index (χ1) is 29.1. The van der Waals surface area contributed by atoms with E-state index in [4.69, 9.17) is 47.4 Å². The van der Waals surface area contributed by atoms with Crippen LogP contribution in [0.15, 0.2) is 121 Å². The van der Waals surface area contributed by atoms with Gasteiger partial charge in [-0.15, -0.1) is 0 Å². The molecule has 6 rings (SSSR count). The van der Waals surface area contributed by atoms with E-state index >= 15 is 0 Å².